The lowest BCUT2D eigenvalue weighted by atomic mass is 9.95. The van der Waals surface area contributed by atoms with Crippen LogP contribution in [0.5, 0.6) is 0 Å². The Kier molecular flexibility index (Phi) is 9.68. The first-order chi connectivity index (χ1) is 18.0. The summed E-state index contributed by atoms with van der Waals surface area (Å²) in [6.45, 7) is 3.32. The van der Waals surface area contributed by atoms with Crippen LogP contribution < -0.4 is 11.1 Å². The predicted octanol–water partition coefficient (Wildman–Crippen LogP) is 5.45. The lowest BCUT2D eigenvalue weighted by Crippen LogP contribution is -2.29. The van der Waals surface area contributed by atoms with Gasteiger partial charge in [0.15, 0.2) is 0 Å². The number of allylic oxidation sites excluding steroid dienone is 1. The van der Waals surface area contributed by atoms with Crippen molar-refractivity contribution in [2.24, 2.45) is 7.05 Å². The number of aromatic nitrogens is 3. The highest BCUT2D eigenvalue weighted by molar-refractivity contribution is 6.00. The predicted molar refractivity (Wildman–Crippen MR) is 146 cm³/mol. The summed E-state index contributed by atoms with van der Waals surface area (Å²) in [6, 6.07) is 7.17. The molecule has 1 saturated carbocycles. The molecular formula is C28H35F3N6O. The van der Waals surface area contributed by atoms with Crippen molar-refractivity contribution < 1.29 is 18.0 Å². The summed E-state index contributed by atoms with van der Waals surface area (Å²) in [5.41, 5.74) is 5.62. The number of rotatable bonds is 6. The van der Waals surface area contributed by atoms with Crippen molar-refractivity contribution >= 4 is 34.0 Å². The fraction of sp³-hybridized carbons (Fsp3) is 0.393. The van der Waals surface area contributed by atoms with Gasteiger partial charge in [-0.15, -0.1) is 0 Å². The number of hydrogen-bond donors (Lipinski definition) is 2. The first kappa shape index (κ1) is 28.9. The van der Waals surface area contributed by atoms with E-state index < -0.39 is 11.7 Å². The molecule has 1 aromatic carbocycles. The van der Waals surface area contributed by atoms with Crippen LogP contribution in [0.4, 0.5) is 18.9 Å². The number of carbonyl (C=O) groups excluding carboxylic acids is 1. The van der Waals surface area contributed by atoms with Crippen LogP contribution in [0.1, 0.15) is 53.8 Å². The SMILES string of the molecule is C=C(c1nc(/C=C/CNC(=O)c2cnn(C)c2)cc2c(N)cccc12)C(F)(F)F.CN(C)C1CCCCC1. The van der Waals surface area contributed by atoms with Crippen LogP contribution in [0.3, 0.4) is 0 Å². The highest BCUT2D eigenvalue weighted by Crippen LogP contribution is 2.36. The molecule has 0 spiro atoms. The van der Waals surface area contributed by atoms with Crippen molar-refractivity contribution in [2.45, 2.75) is 44.3 Å². The third kappa shape index (κ3) is 7.67. The number of benzene rings is 1. The number of pyridine rings is 1. The van der Waals surface area contributed by atoms with E-state index in [1.807, 2.05) is 0 Å². The van der Waals surface area contributed by atoms with Crippen molar-refractivity contribution in [2.75, 3.05) is 26.4 Å². The van der Waals surface area contributed by atoms with E-state index in [9.17, 15) is 18.0 Å². The van der Waals surface area contributed by atoms with Crippen LogP contribution in [0.25, 0.3) is 22.4 Å². The minimum absolute atomic E-state index is 0.160. The summed E-state index contributed by atoms with van der Waals surface area (Å²) >= 11 is 0. The Morgan fingerprint density at radius 3 is 2.53 bits per heavy atom. The lowest BCUT2D eigenvalue weighted by molar-refractivity contribution is -0.0688. The summed E-state index contributed by atoms with van der Waals surface area (Å²) in [4.78, 5) is 18.4. The molecule has 10 heteroatoms. The first-order valence-electron chi connectivity index (χ1n) is 12.5. The molecule has 0 unspecified atom stereocenters. The first-order valence-corrected chi connectivity index (χ1v) is 12.5. The van der Waals surface area contributed by atoms with E-state index in [1.54, 1.807) is 37.5 Å². The highest BCUT2D eigenvalue weighted by Gasteiger charge is 2.35. The molecule has 4 rings (SSSR count). The van der Waals surface area contributed by atoms with Gasteiger partial charge in [-0.2, -0.15) is 18.3 Å². The molecule has 2 aromatic heterocycles. The molecule has 1 fully saturated rings. The number of fused-ring (bicyclic) bond motifs is 1. The van der Waals surface area contributed by atoms with Gasteiger partial charge in [0.05, 0.1) is 28.7 Å². The molecule has 0 atom stereocenters. The number of nitrogens with zero attached hydrogens (tertiary/aromatic N) is 4. The monoisotopic (exact) mass is 528 g/mol. The van der Waals surface area contributed by atoms with Crippen LogP contribution >= 0.6 is 0 Å². The Morgan fingerprint density at radius 2 is 1.95 bits per heavy atom. The maximum Gasteiger partial charge on any atom is 0.417 e. The van der Waals surface area contributed by atoms with Gasteiger partial charge in [-0.3, -0.25) is 9.48 Å². The fourth-order valence-electron chi connectivity index (χ4n) is 4.34. The number of amides is 1. The van der Waals surface area contributed by atoms with Gasteiger partial charge in [-0.25, -0.2) is 4.98 Å². The molecule has 3 aromatic rings. The van der Waals surface area contributed by atoms with E-state index in [-0.39, 0.29) is 29.2 Å². The van der Waals surface area contributed by atoms with Gasteiger partial charge in [-0.05, 0) is 45.1 Å². The molecule has 7 nitrogen and oxygen atoms in total. The number of anilines is 1. The Morgan fingerprint density at radius 1 is 1.24 bits per heavy atom. The van der Waals surface area contributed by atoms with Crippen LogP contribution in [0.15, 0.2) is 49.3 Å². The van der Waals surface area contributed by atoms with Gasteiger partial charge in [0.2, 0.25) is 0 Å². The summed E-state index contributed by atoms with van der Waals surface area (Å²) in [5.74, 6) is -0.315. The number of nitrogens with two attached hydrogens (primary N) is 1. The van der Waals surface area contributed by atoms with Crippen molar-refractivity contribution in [3.63, 3.8) is 0 Å². The van der Waals surface area contributed by atoms with E-state index >= 15 is 0 Å². The number of carbonyl (C=O) groups is 1. The van der Waals surface area contributed by atoms with E-state index in [4.69, 9.17) is 5.73 Å². The second kappa shape index (κ2) is 12.7. The van der Waals surface area contributed by atoms with Gasteiger partial charge in [0, 0.05) is 42.3 Å². The number of alkyl halides is 3. The smallest absolute Gasteiger partial charge is 0.398 e. The standard InChI is InChI=1S/C20H18F3N5O.C8H17N/c1-12(20(21,22)23)18-15-6-3-7-17(24)16(15)9-14(27-18)5-4-8-25-19(29)13-10-26-28(2)11-13;1-9(2)8-6-4-3-5-7-8/h3-7,9-11H,1,8,24H2,2H3,(H,25,29);8H,3-7H2,1-2H3/b5-4+;. The molecule has 0 radical (unpaired) electrons. The van der Waals surface area contributed by atoms with Crippen molar-refractivity contribution in [1.29, 1.82) is 0 Å². The molecule has 2 heterocycles. The summed E-state index contributed by atoms with van der Waals surface area (Å²) in [6.07, 6.45) is 8.69. The molecule has 1 amide bonds. The average molecular weight is 529 g/mol. The van der Waals surface area contributed by atoms with Gasteiger partial charge >= 0.3 is 6.18 Å². The highest BCUT2D eigenvalue weighted by atomic mass is 19.4. The van der Waals surface area contributed by atoms with Crippen molar-refractivity contribution in [3.05, 3.63) is 66.3 Å². The maximum atomic E-state index is 13.2. The van der Waals surface area contributed by atoms with Crippen molar-refractivity contribution in [1.82, 2.24) is 25.0 Å². The largest absolute Gasteiger partial charge is 0.417 e. The number of halogens is 3. The fourth-order valence-corrected chi connectivity index (χ4v) is 4.34. The van der Waals surface area contributed by atoms with Crippen LogP contribution in [0.2, 0.25) is 0 Å². The molecule has 38 heavy (non-hydrogen) atoms. The summed E-state index contributed by atoms with van der Waals surface area (Å²) < 4.78 is 41.1. The maximum absolute atomic E-state index is 13.2. The topological polar surface area (TPSA) is 89.1 Å². The van der Waals surface area contributed by atoms with Gasteiger partial charge in [0.25, 0.3) is 5.91 Å². The Bertz CT molecular complexity index is 1290. The Balaban J connectivity index is 0.000000375. The van der Waals surface area contributed by atoms with Gasteiger partial charge < -0.3 is 16.0 Å². The zero-order valence-corrected chi connectivity index (χ0v) is 22.1. The third-order valence-corrected chi connectivity index (χ3v) is 6.50. The minimum Gasteiger partial charge on any atom is -0.398 e. The van der Waals surface area contributed by atoms with Crippen molar-refractivity contribution in [3.8, 4) is 0 Å². The molecule has 0 aliphatic heterocycles. The van der Waals surface area contributed by atoms with E-state index in [2.05, 4.69) is 41.0 Å². The van der Waals surface area contributed by atoms with Crippen LogP contribution in [0, 0.1) is 0 Å². The quantitative estimate of drug-likeness (QED) is 0.416. The molecule has 1 aliphatic rings. The molecular weight excluding hydrogens is 493 g/mol. The number of nitrogens with one attached hydrogen (secondary N) is 1. The van der Waals surface area contributed by atoms with Crippen LogP contribution in [-0.2, 0) is 7.05 Å². The number of hydrogen-bond acceptors (Lipinski definition) is 5. The second-order valence-corrected chi connectivity index (χ2v) is 9.58. The summed E-state index contributed by atoms with van der Waals surface area (Å²) in [7, 11) is 6.08. The molecule has 0 bridgehead atoms. The minimum atomic E-state index is -4.62. The zero-order valence-electron chi connectivity index (χ0n) is 22.1. The number of aryl methyl sites for hydroxylation is 1. The normalized spacial score (nSPS) is 14.5. The van der Waals surface area contributed by atoms with E-state index in [1.165, 1.54) is 55.1 Å². The molecule has 204 valence electrons. The number of nitrogen functional groups attached to an aromatic ring is 1. The van der Waals surface area contributed by atoms with Crippen LogP contribution in [-0.4, -0.2) is 58.4 Å². The Hall–Kier alpha value is -3.66. The average Bonchev–Trinajstić information content (AvgIpc) is 3.33. The lowest BCUT2D eigenvalue weighted by Gasteiger charge is -2.27. The van der Waals surface area contributed by atoms with Gasteiger partial charge in [-0.1, -0.05) is 44.1 Å². The van der Waals surface area contributed by atoms with E-state index in [0.717, 1.165) is 6.04 Å². The third-order valence-electron chi connectivity index (χ3n) is 6.50. The molecule has 3 N–H and O–H groups in total. The summed E-state index contributed by atoms with van der Waals surface area (Å²) in [5, 5.41) is 7.29. The molecule has 0 saturated heterocycles. The molecule has 1 aliphatic carbocycles. The second-order valence-electron chi connectivity index (χ2n) is 9.58. The van der Waals surface area contributed by atoms with Gasteiger partial charge in [0.1, 0.15) is 0 Å². The van der Waals surface area contributed by atoms with E-state index in [0.29, 0.717) is 16.6 Å². The zero-order chi connectivity index (χ0) is 27.9. The Labute approximate surface area is 221 Å².